The van der Waals surface area contributed by atoms with Gasteiger partial charge in [0.05, 0.1) is 39.1 Å². The van der Waals surface area contributed by atoms with E-state index >= 15 is 0 Å². The maximum Gasteiger partial charge on any atom is 0.238 e. The van der Waals surface area contributed by atoms with Crippen molar-refractivity contribution in [2.45, 2.75) is 0 Å². The van der Waals surface area contributed by atoms with Gasteiger partial charge in [0.1, 0.15) is 0 Å². The smallest absolute Gasteiger partial charge is 0.238 e. The quantitative estimate of drug-likeness (QED) is 0.152. The van der Waals surface area contributed by atoms with Gasteiger partial charge in [-0.05, 0) is 41.5 Å². The zero-order chi connectivity index (χ0) is 45.0. The van der Waals surface area contributed by atoms with Crippen molar-refractivity contribution in [1.29, 1.82) is 0 Å². The molecule has 4 aromatic heterocycles. The van der Waals surface area contributed by atoms with Crippen LogP contribution in [0.3, 0.4) is 0 Å². The number of fused-ring (bicyclic) bond motifs is 7. The van der Waals surface area contributed by atoms with E-state index in [2.05, 4.69) is 209 Å². The van der Waals surface area contributed by atoms with Gasteiger partial charge in [-0.15, -0.1) is 0 Å². The van der Waals surface area contributed by atoms with Crippen LogP contribution in [0.1, 0.15) is 0 Å². The van der Waals surface area contributed by atoms with Crippen molar-refractivity contribution >= 4 is 43.6 Å². The highest BCUT2D eigenvalue weighted by Crippen LogP contribution is 2.43. The predicted molar refractivity (Wildman–Crippen MR) is 277 cm³/mol. The zero-order valence-electron chi connectivity index (χ0n) is 36.6. The molecule has 7 heteroatoms. The molecule has 13 aromatic rings. The van der Waals surface area contributed by atoms with Crippen LogP contribution in [0.4, 0.5) is 0 Å². The fourth-order valence-electron chi connectivity index (χ4n) is 9.65. The summed E-state index contributed by atoms with van der Waals surface area (Å²) in [5, 5.41) is 4.40. The minimum absolute atomic E-state index is 0.524. The van der Waals surface area contributed by atoms with E-state index < -0.39 is 0 Å². The van der Waals surface area contributed by atoms with Gasteiger partial charge in [-0.3, -0.25) is 4.57 Å². The molecule has 0 atom stereocenters. The first-order chi connectivity index (χ1) is 33.7. The Morgan fingerprint density at radius 2 is 0.676 bits per heavy atom. The predicted octanol–water partition coefficient (Wildman–Crippen LogP) is 14.9. The van der Waals surface area contributed by atoms with Crippen LogP contribution in [-0.2, 0) is 0 Å². The second kappa shape index (κ2) is 16.3. The lowest BCUT2D eigenvalue weighted by molar-refractivity contribution is 0.953. The molecule has 0 aliphatic heterocycles. The molecular formula is C61H39N7. The molecule has 0 spiro atoms. The van der Waals surface area contributed by atoms with Crippen LogP contribution >= 0.6 is 0 Å². The molecule has 0 bridgehead atoms. The second-order valence-corrected chi connectivity index (χ2v) is 16.9. The molecule has 13 rings (SSSR count). The van der Waals surface area contributed by atoms with Gasteiger partial charge >= 0.3 is 0 Å². The molecule has 7 nitrogen and oxygen atoms in total. The van der Waals surface area contributed by atoms with E-state index in [0.29, 0.717) is 23.4 Å². The van der Waals surface area contributed by atoms with Gasteiger partial charge < -0.3 is 4.57 Å². The Bertz CT molecular complexity index is 3940. The highest BCUT2D eigenvalue weighted by molar-refractivity contribution is 6.24. The third kappa shape index (κ3) is 6.64. The number of hydrogen-bond donors (Lipinski definition) is 0. The summed E-state index contributed by atoms with van der Waals surface area (Å²) < 4.78 is 4.63. The van der Waals surface area contributed by atoms with E-state index in [1.54, 1.807) is 0 Å². The fourth-order valence-corrected chi connectivity index (χ4v) is 9.65. The number of rotatable bonds is 8. The normalized spacial score (nSPS) is 11.5. The van der Waals surface area contributed by atoms with Gasteiger partial charge in [0.15, 0.2) is 17.5 Å². The summed E-state index contributed by atoms with van der Waals surface area (Å²) in [4.78, 5) is 26.6. The molecule has 9 aromatic carbocycles. The Labute approximate surface area is 392 Å². The van der Waals surface area contributed by atoms with Gasteiger partial charge in [-0.25, -0.2) is 15.0 Å². The van der Waals surface area contributed by atoms with Crippen molar-refractivity contribution < 1.29 is 0 Å². The first-order valence-corrected chi connectivity index (χ1v) is 22.8. The summed E-state index contributed by atoms with van der Waals surface area (Å²) >= 11 is 0. The Balaban J connectivity index is 1.10. The molecule has 0 saturated heterocycles. The van der Waals surface area contributed by atoms with E-state index in [4.69, 9.17) is 24.9 Å². The third-order valence-corrected chi connectivity index (χ3v) is 12.8. The van der Waals surface area contributed by atoms with Crippen molar-refractivity contribution in [3.05, 3.63) is 237 Å². The minimum atomic E-state index is 0.524. The monoisotopic (exact) mass is 869 g/mol. The molecule has 0 N–H and O–H groups in total. The molecule has 4 heterocycles. The van der Waals surface area contributed by atoms with Gasteiger partial charge in [0, 0.05) is 49.4 Å². The first-order valence-electron chi connectivity index (χ1n) is 22.8. The van der Waals surface area contributed by atoms with E-state index in [1.807, 2.05) is 36.4 Å². The van der Waals surface area contributed by atoms with Crippen LogP contribution in [0.5, 0.6) is 0 Å². The summed E-state index contributed by atoms with van der Waals surface area (Å²) in [6.07, 6.45) is 0. The molecular weight excluding hydrogens is 831 g/mol. The Morgan fingerprint density at radius 1 is 0.265 bits per heavy atom. The lowest BCUT2D eigenvalue weighted by Crippen LogP contribution is -2.07. The highest BCUT2D eigenvalue weighted by Gasteiger charge is 2.25. The van der Waals surface area contributed by atoms with E-state index in [9.17, 15) is 0 Å². The minimum Gasteiger partial charge on any atom is -0.306 e. The Kier molecular flexibility index (Phi) is 9.35. The lowest BCUT2D eigenvalue weighted by Gasteiger charge is -2.16. The van der Waals surface area contributed by atoms with E-state index in [-0.39, 0.29) is 0 Å². The van der Waals surface area contributed by atoms with Gasteiger partial charge in [-0.2, -0.15) is 9.97 Å². The van der Waals surface area contributed by atoms with Crippen molar-refractivity contribution in [1.82, 2.24) is 34.1 Å². The van der Waals surface area contributed by atoms with Crippen LogP contribution in [0, 0.1) is 0 Å². The zero-order valence-corrected chi connectivity index (χ0v) is 36.6. The molecule has 68 heavy (non-hydrogen) atoms. The molecule has 0 amide bonds. The fraction of sp³-hybridized carbons (Fsp3) is 0. The number of para-hydroxylation sites is 3. The largest absolute Gasteiger partial charge is 0.306 e. The Morgan fingerprint density at radius 3 is 1.25 bits per heavy atom. The summed E-state index contributed by atoms with van der Waals surface area (Å²) in [5.74, 6) is 2.33. The SMILES string of the molecule is c1ccc(-c2ccc(-c3nc(-c4ccccc4)nc(-n4c5ccccc5c5ccc6c7ccccc7n(-c7ccccc7-c7nc(-c8ccccc8)cc(-c8ccccc8)n7)c6c54)n3)cc2)cc1. The second-order valence-electron chi connectivity index (χ2n) is 16.9. The summed E-state index contributed by atoms with van der Waals surface area (Å²) in [6.45, 7) is 0. The maximum absolute atomic E-state index is 5.39. The van der Waals surface area contributed by atoms with Crippen molar-refractivity contribution in [3.63, 3.8) is 0 Å². The molecule has 0 fully saturated rings. The summed E-state index contributed by atoms with van der Waals surface area (Å²) in [5.41, 5.74) is 13.7. The standard InChI is InChI=1S/C61H39N7/c1-5-19-40(20-6-1)41-33-35-45(36-34-41)59-64-58(44-25-11-4-12-26-44)65-61(66-59)68-54-31-17-14-28-47(54)49-38-37-48-46-27-13-16-30-53(46)67(56(48)57(49)68)55-32-18-15-29-50(55)60-62-51(42-21-7-2-8-22-42)39-52(63-60)43-23-9-3-10-24-43/h1-39H. The van der Waals surface area contributed by atoms with Gasteiger partial charge in [0.2, 0.25) is 5.95 Å². The van der Waals surface area contributed by atoms with Crippen LogP contribution in [0.15, 0.2) is 237 Å². The molecule has 0 radical (unpaired) electrons. The van der Waals surface area contributed by atoms with E-state index in [0.717, 1.165) is 99.6 Å². The van der Waals surface area contributed by atoms with Crippen LogP contribution < -0.4 is 0 Å². The number of benzene rings is 9. The molecule has 0 unspecified atom stereocenters. The van der Waals surface area contributed by atoms with Crippen LogP contribution in [0.25, 0.3) is 123 Å². The maximum atomic E-state index is 5.39. The lowest BCUT2D eigenvalue weighted by atomic mass is 10.0. The molecule has 0 aliphatic carbocycles. The van der Waals surface area contributed by atoms with Crippen molar-refractivity contribution in [2.75, 3.05) is 0 Å². The van der Waals surface area contributed by atoms with E-state index in [1.165, 1.54) is 0 Å². The first kappa shape index (κ1) is 39.1. The third-order valence-electron chi connectivity index (χ3n) is 12.8. The summed E-state index contributed by atoms with van der Waals surface area (Å²) in [7, 11) is 0. The number of hydrogen-bond acceptors (Lipinski definition) is 5. The molecule has 318 valence electrons. The Hall–Kier alpha value is -9.33. The van der Waals surface area contributed by atoms with Gasteiger partial charge in [-0.1, -0.05) is 206 Å². The highest BCUT2D eigenvalue weighted by atomic mass is 15.2. The molecule has 0 saturated carbocycles. The average molecular weight is 870 g/mol. The topological polar surface area (TPSA) is 74.3 Å². The number of aromatic nitrogens is 7. The number of nitrogens with zero attached hydrogens (tertiary/aromatic N) is 7. The average Bonchev–Trinajstić information content (AvgIpc) is 3.95. The summed E-state index contributed by atoms with van der Waals surface area (Å²) in [6, 6.07) is 82.0. The van der Waals surface area contributed by atoms with Crippen LogP contribution in [0.2, 0.25) is 0 Å². The van der Waals surface area contributed by atoms with Gasteiger partial charge in [0.25, 0.3) is 0 Å². The van der Waals surface area contributed by atoms with Crippen molar-refractivity contribution in [2.24, 2.45) is 0 Å². The van der Waals surface area contributed by atoms with Crippen molar-refractivity contribution in [3.8, 4) is 79.4 Å². The van der Waals surface area contributed by atoms with Crippen LogP contribution in [-0.4, -0.2) is 34.1 Å². The molecule has 0 aliphatic rings.